The van der Waals surface area contributed by atoms with E-state index < -0.39 is 17.6 Å². The van der Waals surface area contributed by atoms with Gasteiger partial charge in [0.05, 0.1) is 5.60 Å². The quantitative estimate of drug-likeness (QED) is 0.707. The number of benzene rings is 1. The molecule has 94 valence electrons. The third-order valence-corrected chi connectivity index (χ3v) is 3.75. The van der Waals surface area contributed by atoms with Gasteiger partial charge in [0.1, 0.15) is 6.04 Å². The Morgan fingerprint density at radius 2 is 2.06 bits per heavy atom. The maximum atomic E-state index is 10.5. The molecule has 1 aromatic rings. The summed E-state index contributed by atoms with van der Waals surface area (Å²) in [6, 6.07) is 8.41. The largest absolute Gasteiger partial charge is 0.480 e. The van der Waals surface area contributed by atoms with Crippen molar-refractivity contribution in [3.05, 3.63) is 35.9 Å². The van der Waals surface area contributed by atoms with Crippen molar-refractivity contribution in [2.75, 3.05) is 11.5 Å². The van der Waals surface area contributed by atoms with Crippen LogP contribution in [0.25, 0.3) is 0 Å². The molecule has 0 heterocycles. The maximum Gasteiger partial charge on any atom is 0.321 e. The molecule has 1 rings (SSSR count). The zero-order valence-electron chi connectivity index (χ0n) is 9.67. The first-order valence-corrected chi connectivity index (χ1v) is 6.43. The Bertz CT molecular complexity index is 367. The van der Waals surface area contributed by atoms with Crippen LogP contribution in [0.15, 0.2) is 30.3 Å². The summed E-state index contributed by atoms with van der Waals surface area (Å²) >= 11 is 1.34. The number of nitrogens with two attached hydrogens (primary N) is 1. The van der Waals surface area contributed by atoms with E-state index in [-0.39, 0.29) is 5.75 Å². The van der Waals surface area contributed by atoms with Crippen molar-refractivity contribution in [1.29, 1.82) is 0 Å². The summed E-state index contributed by atoms with van der Waals surface area (Å²) < 4.78 is 0. The summed E-state index contributed by atoms with van der Waals surface area (Å²) in [5.74, 6) is -0.312. The second-order valence-corrected chi connectivity index (χ2v) is 5.13. The SMILES string of the molecule is CC(O)(CSC[C@H](N)C(=O)O)c1ccccc1. The highest BCUT2D eigenvalue weighted by atomic mass is 32.2. The lowest BCUT2D eigenvalue weighted by atomic mass is 9.99. The summed E-state index contributed by atoms with van der Waals surface area (Å²) in [6.45, 7) is 1.71. The van der Waals surface area contributed by atoms with Crippen molar-refractivity contribution in [3.8, 4) is 0 Å². The number of carboxylic acids is 1. The van der Waals surface area contributed by atoms with Crippen LogP contribution in [0.3, 0.4) is 0 Å². The molecule has 0 spiro atoms. The second kappa shape index (κ2) is 6.05. The van der Waals surface area contributed by atoms with Crippen LogP contribution in [0.5, 0.6) is 0 Å². The van der Waals surface area contributed by atoms with Gasteiger partial charge < -0.3 is 15.9 Å². The number of thioether (sulfide) groups is 1. The normalized spacial score (nSPS) is 16.2. The number of hydrogen-bond acceptors (Lipinski definition) is 4. The van der Waals surface area contributed by atoms with Crippen molar-refractivity contribution in [3.63, 3.8) is 0 Å². The van der Waals surface area contributed by atoms with E-state index in [9.17, 15) is 9.90 Å². The topological polar surface area (TPSA) is 83.5 Å². The van der Waals surface area contributed by atoms with Crippen LogP contribution >= 0.6 is 11.8 Å². The molecule has 0 saturated carbocycles. The maximum absolute atomic E-state index is 10.5. The zero-order chi connectivity index (χ0) is 12.9. The molecule has 0 bridgehead atoms. The fourth-order valence-electron chi connectivity index (χ4n) is 1.34. The Morgan fingerprint density at radius 1 is 1.47 bits per heavy atom. The van der Waals surface area contributed by atoms with E-state index in [4.69, 9.17) is 10.8 Å². The van der Waals surface area contributed by atoms with E-state index in [1.165, 1.54) is 11.8 Å². The molecule has 0 aliphatic carbocycles. The molecule has 0 fully saturated rings. The van der Waals surface area contributed by atoms with Gasteiger partial charge in [0.15, 0.2) is 0 Å². The smallest absolute Gasteiger partial charge is 0.321 e. The van der Waals surface area contributed by atoms with Crippen molar-refractivity contribution in [1.82, 2.24) is 0 Å². The van der Waals surface area contributed by atoms with E-state index in [0.717, 1.165) is 5.56 Å². The first-order valence-electron chi connectivity index (χ1n) is 5.27. The van der Waals surface area contributed by atoms with E-state index in [1.807, 2.05) is 30.3 Å². The first-order chi connectivity index (χ1) is 7.93. The van der Waals surface area contributed by atoms with Gasteiger partial charge in [-0.15, -0.1) is 0 Å². The highest BCUT2D eigenvalue weighted by molar-refractivity contribution is 7.99. The Morgan fingerprint density at radius 3 is 2.59 bits per heavy atom. The van der Waals surface area contributed by atoms with E-state index in [2.05, 4.69) is 0 Å². The van der Waals surface area contributed by atoms with Crippen LogP contribution in [-0.2, 0) is 10.4 Å². The second-order valence-electron chi connectivity index (χ2n) is 4.10. The van der Waals surface area contributed by atoms with E-state index >= 15 is 0 Å². The van der Waals surface area contributed by atoms with Crippen molar-refractivity contribution in [2.24, 2.45) is 5.73 Å². The standard InChI is InChI=1S/C12H17NO3S/c1-12(16,9-5-3-2-4-6-9)8-17-7-10(13)11(14)15/h2-6,10,16H,7-8,13H2,1H3,(H,14,15)/t10-,12?/m0/s1. The molecular weight excluding hydrogens is 238 g/mol. The Kier molecular flexibility index (Phi) is 4.99. The zero-order valence-corrected chi connectivity index (χ0v) is 10.5. The summed E-state index contributed by atoms with van der Waals surface area (Å²) in [4.78, 5) is 10.5. The molecule has 0 aliphatic rings. The Balaban J connectivity index is 2.48. The third-order valence-electron chi connectivity index (χ3n) is 2.39. The molecule has 4 nitrogen and oxygen atoms in total. The minimum Gasteiger partial charge on any atom is -0.480 e. The molecule has 17 heavy (non-hydrogen) atoms. The number of aliphatic hydroxyl groups is 1. The summed E-state index contributed by atoms with van der Waals surface area (Å²) in [5, 5.41) is 18.9. The molecule has 4 N–H and O–H groups in total. The van der Waals surface area contributed by atoms with Crippen LogP contribution in [0, 0.1) is 0 Å². The van der Waals surface area contributed by atoms with Crippen LogP contribution in [0.4, 0.5) is 0 Å². The van der Waals surface area contributed by atoms with Gasteiger partial charge in [-0.3, -0.25) is 4.79 Å². The molecule has 1 aromatic carbocycles. The molecule has 0 aliphatic heterocycles. The van der Waals surface area contributed by atoms with Crippen molar-refractivity contribution in [2.45, 2.75) is 18.6 Å². The number of carbonyl (C=O) groups is 1. The highest BCUT2D eigenvalue weighted by Crippen LogP contribution is 2.24. The minimum absolute atomic E-state index is 0.290. The molecule has 0 saturated heterocycles. The predicted octanol–water partition coefficient (Wildman–Crippen LogP) is 1.04. The average molecular weight is 255 g/mol. The Labute approximate surface area is 105 Å². The van der Waals surface area contributed by atoms with Gasteiger partial charge in [0.25, 0.3) is 0 Å². The number of rotatable bonds is 6. The molecule has 0 amide bonds. The van der Waals surface area contributed by atoms with Crippen LogP contribution < -0.4 is 5.73 Å². The van der Waals surface area contributed by atoms with Crippen LogP contribution in [0.1, 0.15) is 12.5 Å². The fourth-order valence-corrected chi connectivity index (χ4v) is 2.41. The van der Waals surface area contributed by atoms with Gasteiger partial charge in [0, 0.05) is 11.5 Å². The van der Waals surface area contributed by atoms with Gasteiger partial charge >= 0.3 is 5.97 Å². The summed E-state index contributed by atoms with van der Waals surface area (Å²) in [6.07, 6.45) is 0. The molecular formula is C12H17NO3S. The number of carboxylic acid groups (broad SMARTS) is 1. The lowest BCUT2D eigenvalue weighted by molar-refractivity contribution is -0.137. The number of aliphatic carboxylic acids is 1. The van der Waals surface area contributed by atoms with Gasteiger partial charge in [0.2, 0.25) is 0 Å². The average Bonchev–Trinajstić information content (AvgIpc) is 2.29. The highest BCUT2D eigenvalue weighted by Gasteiger charge is 2.23. The molecule has 2 atom stereocenters. The summed E-state index contributed by atoms with van der Waals surface area (Å²) in [5.41, 5.74) is 5.23. The van der Waals surface area contributed by atoms with Crippen LogP contribution in [-0.4, -0.2) is 33.7 Å². The van der Waals surface area contributed by atoms with Gasteiger partial charge in [-0.1, -0.05) is 30.3 Å². The van der Waals surface area contributed by atoms with Crippen molar-refractivity contribution < 1.29 is 15.0 Å². The minimum atomic E-state index is -1.02. The monoisotopic (exact) mass is 255 g/mol. The van der Waals surface area contributed by atoms with Crippen LogP contribution in [0.2, 0.25) is 0 Å². The number of hydrogen-bond donors (Lipinski definition) is 3. The first kappa shape index (κ1) is 14.0. The molecule has 0 radical (unpaired) electrons. The van der Waals surface area contributed by atoms with Gasteiger partial charge in [-0.05, 0) is 12.5 Å². The molecule has 1 unspecified atom stereocenters. The predicted molar refractivity (Wildman–Crippen MR) is 68.9 cm³/mol. The van der Waals surface area contributed by atoms with Crippen molar-refractivity contribution >= 4 is 17.7 Å². The fraction of sp³-hybridized carbons (Fsp3) is 0.417. The lowest BCUT2D eigenvalue weighted by Crippen LogP contribution is -2.34. The lowest BCUT2D eigenvalue weighted by Gasteiger charge is -2.23. The van der Waals surface area contributed by atoms with E-state index in [0.29, 0.717) is 5.75 Å². The summed E-state index contributed by atoms with van der Waals surface area (Å²) in [7, 11) is 0. The van der Waals surface area contributed by atoms with Gasteiger partial charge in [-0.2, -0.15) is 11.8 Å². The third kappa shape index (κ3) is 4.38. The Hall–Kier alpha value is -1.04. The molecule has 5 heteroatoms. The molecule has 0 aromatic heterocycles. The van der Waals surface area contributed by atoms with Gasteiger partial charge in [-0.25, -0.2) is 0 Å². The van der Waals surface area contributed by atoms with E-state index in [1.54, 1.807) is 6.92 Å².